The Hall–Kier alpha value is -1.16. The number of hydrogen-bond acceptors (Lipinski definition) is 2. The molecule has 0 aliphatic heterocycles. The van der Waals surface area contributed by atoms with Gasteiger partial charge >= 0.3 is 0 Å². The average molecular weight is 253 g/mol. The molecule has 0 radical (unpaired) electrons. The number of nitrogens with zero attached hydrogens (tertiary/aromatic N) is 1. The minimum atomic E-state index is -0.0500. The van der Waals surface area contributed by atoms with Crippen molar-refractivity contribution >= 4 is 27.0 Å². The Labute approximate surface area is 89.3 Å². The summed E-state index contributed by atoms with van der Waals surface area (Å²) >= 11 is 3.34. The van der Waals surface area contributed by atoms with E-state index in [1.54, 1.807) is 19.2 Å². The SMILES string of the molecule is Cc1cc2ncc(CBr)cc2[nH]c1=O. The number of aromatic nitrogens is 2. The second-order valence-corrected chi connectivity index (χ2v) is 3.75. The van der Waals surface area contributed by atoms with Crippen LogP contribution in [-0.4, -0.2) is 9.97 Å². The minimum Gasteiger partial charge on any atom is -0.320 e. The standard InChI is InChI=1S/C10H9BrN2O/c1-6-2-8-9(13-10(6)14)3-7(4-11)5-12-8/h2-3,5H,4H2,1H3,(H,13,14). The molecule has 0 aliphatic carbocycles. The number of nitrogens with one attached hydrogen (secondary N) is 1. The van der Waals surface area contributed by atoms with E-state index in [1.165, 1.54) is 0 Å². The fourth-order valence-electron chi connectivity index (χ4n) is 1.30. The van der Waals surface area contributed by atoms with Crippen molar-refractivity contribution in [3.8, 4) is 0 Å². The molecule has 0 bridgehead atoms. The van der Waals surface area contributed by atoms with Crippen molar-refractivity contribution in [3.05, 3.63) is 39.8 Å². The van der Waals surface area contributed by atoms with Crippen LogP contribution in [0.4, 0.5) is 0 Å². The average Bonchev–Trinajstić information content (AvgIpc) is 2.19. The molecule has 2 aromatic heterocycles. The Bertz CT molecular complexity index is 533. The first-order valence-corrected chi connectivity index (χ1v) is 5.37. The van der Waals surface area contributed by atoms with Crippen molar-refractivity contribution in [1.82, 2.24) is 9.97 Å². The van der Waals surface area contributed by atoms with Gasteiger partial charge in [0.2, 0.25) is 0 Å². The maximum absolute atomic E-state index is 11.3. The van der Waals surface area contributed by atoms with E-state index < -0.39 is 0 Å². The zero-order chi connectivity index (χ0) is 10.1. The molecule has 3 nitrogen and oxygen atoms in total. The third-order valence-electron chi connectivity index (χ3n) is 2.09. The van der Waals surface area contributed by atoms with Crippen molar-refractivity contribution in [2.24, 2.45) is 0 Å². The molecule has 4 heteroatoms. The highest BCUT2D eigenvalue weighted by atomic mass is 79.9. The van der Waals surface area contributed by atoms with E-state index in [0.29, 0.717) is 5.56 Å². The summed E-state index contributed by atoms with van der Waals surface area (Å²) in [5, 5.41) is 0.742. The highest BCUT2D eigenvalue weighted by Gasteiger charge is 2.00. The maximum Gasteiger partial charge on any atom is 0.251 e. The van der Waals surface area contributed by atoms with Gasteiger partial charge in [0.15, 0.2) is 0 Å². The Morgan fingerprint density at radius 3 is 3.00 bits per heavy atom. The Morgan fingerprint density at radius 2 is 2.29 bits per heavy atom. The lowest BCUT2D eigenvalue weighted by atomic mass is 10.2. The fraction of sp³-hybridized carbons (Fsp3) is 0.200. The first-order valence-electron chi connectivity index (χ1n) is 4.25. The molecule has 0 fully saturated rings. The fourth-order valence-corrected chi connectivity index (χ4v) is 1.60. The van der Waals surface area contributed by atoms with Gasteiger partial charge in [-0.3, -0.25) is 9.78 Å². The molecular weight excluding hydrogens is 244 g/mol. The van der Waals surface area contributed by atoms with Crippen molar-refractivity contribution in [2.45, 2.75) is 12.3 Å². The predicted octanol–water partition coefficient (Wildman–Crippen LogP) is 2.13. The number of alkyl halides is 1. The third-order valence-corrected chi connectivity index (χ3v) is 2.74. The van der Waals surface area contributed by atoms with E-state index in [0.717, 1.165) is 21.9 Å². The van der Waals surface area contributed by atoms with Gasteiger partial charge in [-0.2, -0.15) is 0 Å². The molecule has 0 amide bonds. The van der Waals surface area contributed by atoms with Gasteiger partial charge in [0.1, 0.15) is 0 Å². The van der Waals surface area contributed by atoms with Crippen molar-refractivity contribution < 1.29 is 0 Å². The number of aromatic amines is 1. The molecule has 0 saturated heterocycles. The summed E-state index contributed by atoms with van der Waals surface area (Å²) in [4.78, 5) is 18.4. The summed E-state index contributed by atoms with van der Waals surface area (Å²) in [7, 11) is 0. The lowest BCUT2D eigenvalue weighted by molar-refractivity contribution is 1.20. The second kappa shape index (κ2) is 3.53. The summed E-state index contributed by atoms with van der Waals surface area (Å²) in [6.07, 6.45) is 1.80. The monoisotopic (exact) mass is 252 g/mol. The van der Waals surface area contributed by atoms with Gasteiger partial charge in [-0.25, -0.2) is 0 Å². The third kappa shape index (κ3) is 1.57. The van der Waals surface area contributed by atoms with Gasteiger partial charge in [0.25, 0.3) is 5.56 Å². The molecule has 0 atom stereocenters. The number of hydrogen-bond donors (Lipinski definition) is 1. The van der Waals surface area contributed by atoms with Crippen molar-refractivity contribution in [2.75, 3.05) is 0 Å². The van der Waals surface area contributed by atoms with Gasteiger partial charge in [-0.15, -0.1) is 0 Å². The van der Waals surface area contributed by atoms with Gasteiger partial charge in [-0.05, 0) is 24.6 Å². The molecular formula is C10H9BrN2O. The zero-order valence-corrected chi connectivity index (χ0v) is 9.26. The van der Waals surface area contributed by atoms with Crippen molar-refractivity contribution in [3.63, 3.8) is 0 Å². The van der Waals surface area contributed by atoms with Crippen LogP contribution in [0.15, 0.2) is 23.1 Å². The summed E-state index contributed by atoms with van der Waals surface area (Å²) < 4.78 is 0. The quantitative estimate of drug-likeness (QED) is 0.791. The molecule has 2 rings (SSSR count). The van der Waals surface area contributed by atoms with Crippen LogP contribution in [-0.2, 0) is 5.33 Å². The Morgan fingerprint density at radius 1 is 1.50 bits per heavy atom. The lowest BCUT2D eigenvalue weighted by Crippen LogP contribution is -2.09. The number of H-pyrrole nitrogens is 1. The largest absolute Gasteiger partial charge is 0.320 e. The van der Waals surface area contributed by atoms with Gasteiger partial charge < -0.3 is 4.98 Å². The van der Waals surface area contributed by atoms with E-state index in [4.69, 9.17) is 0 Å². The number of fused-ring (bicyclic) bond motifs is 1. The smallest absolute Gasteiger partial charge is 0.251 e. The lowest BCUT2D eigenvalue weighted by Gasteiger charge is -2.00. The van der Waals surface area contributed by atoms with E-state index in [2.05, 4.69) is 25.9 Å². The number of pyridine rings is 2. The normalized spacial score (nSPS) is 10.7. The van der Waals surface area contributed by atoms with Crippen LogP contribution >= 0.6 is 15.9 Å². The van der Waals surface area contributed by atoms with Gasteiger partial charge in [0.05, 0.1) is 11.0 Å². The molecule has 14 heavy (non-hydrogen) atoms. The first kappa shape index (κ1) is 9.40. The number of aryl methyl sites for hydroxylation is 1. The van der Waals surface area contributed by atoms with Crippen LogP contribution in [0.2, 0.25) is 0 Å². The van der Waals surface area contributed by atoms with Crippen LogP contribution in [0.25, 0.3) is 11.0 Å². The molecule has 2 aromatic rings. The Balaban J connectivity index is 2.77. The summed E-state index contributed by atoms with van der Waals surface area (Å²) in [6.45, 7) is 1.78. The van der Waals surface area contributed by atoms with E-state index in [9.17, 15) is 4.79 Å². The summed E-state index contributed by atoms with van der Waals surface area (Å²) in [5.74, 6) is 0. The highest BCUT2D eigenvalue weighted by Crippen LogP contribution is 2.11. The van der Waals surface area contributed by atoms with Crippen molar-refractivity contribution in [1.29, 1.82) is 0 Å². The Kier molecular flexibility index (Phi) is 2.37. The molecule has 0 spiro atoms. The molecule has 0 aliphatic rings. The van der Waals surface area contributed by atoms with E-state index in [-0.39, 0.29) is 5.56 Å². The number of rotatable bonds is 1. The molecule has 72 valence electrons. The van der Waals surface area contributed by atoms with E-state index >= 15 is 0 Å². The molecule has 2 heterocycles. The maximum atomic E-state index is 11.3. The molecule has 0 saturated carbocycles. The predicted molar refractivity (Wildman–Crippen MR) is 59.7 cm³/mol. The minimum absolute atomic E-state index is 0.0500. The van der Waals surface area contributed by atoms with Crippen LogP contribution < -0.4 is 5.56 Å². The summed E-state index contributed by atoms with van der Waals surface area (Å²) in [5.41, 5.74) is 3.31. The van der Waals surface area contributed by atoms with Gasteiger partial charge in [0, 0.05) is 17.1 Å². The topological polar surface area (TPSA) is 45.8 Å². The van der Waals surface area contributed by atoms with Gasteiger partial charge in [-0.1, -0.05) is 15.9 Å². The highest BCUT2D eigenvalue weighted by molar-refractivity contribution is 9.08. The number of halogens is 1. The zero-order valence-electron chi connectivity index (χ0n) is 7.67. The van der Waals surface area contributed by atoms with Crippen LogP contribution in [0.1, 0.15) is 11.1 Å². The molecule has 0 unspecified atom stereocenters. The van der Waals surface area contributed by atoms with Crippen LogP contribution in [0, 0.1) is 6.92 Å². The van der Waals surface area contributed by atoms with E-state index in [1.807, 2.05) is 6.07 Å². The second-order valence-electron chi connectivity index (χ2n) is 3.19. The van der Waals surface area contributed by atoms with Crippen LogP contribution in [0.5, 0.6) is 0 Å². The van der Waals surface area contributed by atoms with Crippen LogP contribution in [0.3, 0.4) is 0 Å². The summed E-state index contributed by atoms with van der Waals surface area (Å²) in [6, 6.07) is 3.73. The molecule has 0 aromatic carbocycles. The molecule has 1 N–H and O–H groups in total. The first-order chi connectivity index (χ1) is 6.70.